The molecule has 0 bridgehead atoms. The molecule has 218 valence electrons. The van der Waals surface area contributed by atoms with E-state index in [0.29, 0.717) is 10.8 Å². The summed E-state index contributed by atoms with van der Waals surface area (Å²) in [6, 6.07) is 29.8. The van der Waals surface area contributed by atoms with Crippen molar-refractivity contribution in [3.63, 3.8) is 0 Å². The Morgan fingerprint density at radius 2 is 1.50 bits per heavy atom. The summed E-state index contributed by atoms with van der Waals surface area (Å²) >= 11 is 6.10. The highest BCUT2D eigenvalue weighted by atomic mass is 35.5. The van der Waals surface area contributed by atoms with Crippen molar-refractivity contribution < 1.29 is 22.7 Å². The van der Waals surface area contributed by atoms with Gasteiger partial charge in [-0.15, -0.1) is 0 Å². The topological polar surface area (TPSA) is 96.0 Å². The van der Waals surface area contributed by atoms with Crippen molar-refractivity contribution in [3.8, 4) is 5.75 Å². The van der Waals surface area contributed by atoms with E-state index in [2.05, 4.69) is 5.32 Å². The molecule has 10 heteroatoms. The van der Waals surface area contributed by atoms with E-state index in [1.807, 2.05) is 30.3 Å². The normalized spacial score (nSPS) is 11.8. The Bertz CT molecular complexity index is 1600. The van der Waals surface area contributed by atoms with Gasteiger partial charge in [0.15, 0.2) is 0 Å². The van der Waals surface area contributed by atoms with Crippen molar-refractivity contribution in [3.05, 3.63) is 125 Å². The Labute approximate surface area is 251 Å². The van der Waals surface area contributed by atoms with Gasteiger partial charge in [-0.25, -0.2) is 8.42 Å². The third-order valence-electron chi connectivity index (χ3n) is 6.74. The highest BCUT2D eigenvalue weighted by molar-refractivity contribution is 7.92. The fraction of sp³-hybridized carbons (Fsp3) is 0.188. The molecule has 0 radical (unpaired) electrons. The Morgan fingerprint density at radius 1 is 0.857 bits per heavy atom. The molecule has 0 aliphatic heterocycles. The van der Waals surface area contributed by atoms with E-state index in [1.165, 1.54) is 31.2 Å². The lowest BCUT2D eigenvalue weighted by atomic mass is 10.0. The molecule has 0 heterocycles. The number of halogens is 1. The van der Waals surface area contributed by atoms with E-state index in [9.17, 15) is 18.0 Å². The number of benzene rings is 4. The smallest absolute Gasteiger partial charge is 0.264 e. The van der Waals surface area contributed by atoms with Crippen molar-refractivity contribution in [2.45, 2.75) is 23.9 Å². The Balaban J connectivity index is 1.79. The number of anilines is 1. The minimum absolute atomic E-state index is 0.0250. The molecule has 0 saturated heterocycles. The lowest BCUT2D eigenvalue weighted by Gasteiger charge is -2.33. The molecule has 0 aromatic heterocycles. The molecule has 42 heavy (non-hydrogen) atoms. The number of nitrogens with one attached hydrogen (secondary N) is 1. The summed E-state index contributed by atoms with van der Waals surface area (Å²) in [5.41, 5.74) is 1.83. The van der Waals surface area contributed by atoms with Crippen LogP contribution < -0.4 is 14.4 Å². The molecule has 0 fully saturated rings. The first-order chi connectivity index (χ1) is 20.2. The summed E-state index contributed by atoms with van der Waals surface area (Å²) in [5, 5.41) is 3.20. The molecule has 0 aliphatic rings. The molecule has 8 nitrogen and oxygen atoms in total. The molecular weight excluding hydrogens is 574 g/mol. The molecule has 2 amide bonds. The predicted octanol–water partition coefficient (Wildman–Crippen LogP) is 4.93. The number of nitrogens with zero attached hydrogens (tertiary/aromatic N) is 2. The second-order valence-electron chi connectivity index (χ2n) is 9.49. The average molecular weight is 606 g/mol. The summed E-state index contributed by atoms with van der Waals surface area (Å²) in [6.45, 7) is -0.501. The molecule has 1 atom stereocenters. The quantitative estimate of drug-likeness (QED) is 0.247. The minimum Gasteiger partial charge on any atom is -0.497 e. The van der Waals surface area contributed by atoms with Gasteiger partial charge in [-0.05, 0) is 47.5 Å². The number of carbonyl (C=O) groups is 2. The van der Waals surface area contributed by atoms with Crippen LogP contribution in [0, 0.1) is 0 Å². The maximum Gasteiger partial charge on any atom is 0.264 e. The average Bonchev–Trinajstić information content (AvgIpc) is 3.02. The third kappa shape index (κ3) is 7.48. The molecular formula is C32H32ClN3O5S. The van der Waals surface area contributed by atoms with Crippen molar-refractivity contribution in [1.82, 2.24) is 10.2 Å². The van der Waals surface area contributed by atoms with E-state index in [0.717, 1.165) is 15.4 Å². The van der Waals surface area contributed by atoms with Gasteiger partial charge in [0.2, 0.25) is 11.8 Å². The van der Waals surface area contributed by atoms with Crippen molar-refractivity contribution in [2.24, 2.45) is 0 Å². The Hall–Kier alpha value is -4.34. The molecule has 4 rings (SSSR count). The fourth-order valence-corrected chi connectivity index (χ4v) is 6.07. The summed E-state index contributed by atoms with van der Waals surface area (Å²) in [4.78, 5) is 29.0. The number of amides is 2. The van der Waals surface area contributed by atoms with Gasteiger partial charge < -0.3 is 15.0 Å². The first kappa shape index (κ1) is 30.6. The van der Waals surface area contributed by atoms with Gasteiger partial charge in [-0.2, -0.15) is 0 Å². The van der Waals surface area contributed by atoms with Gasteiger partial charge >= 0.3 is 0 Å². The molecule has 0 spiro atoms. The third-order valence-corrected chi connectivity index (χ3v) is 8.78. The van der Waals surface area contributed by atoms with Crippen LogP contribution in [0.25, 0.3) is 0 Å². The van der Waals surface area contributed by atoms with Gasteiger partial charge in [0.05, 0.1) is 17.7 Å². The Kier molecular flexibility index (Phi) is 10.2. The van der Waals surface area contributed by atoms with Crippen LogP contribution in [0.3, 0.4) is 0 Å². The van der Waals surface area contributed by atoms with Crippen LogP contribution in [-0.4, -0.2) is 51.9 Å². The maximum atomic E-state index is 14.3. The van der Waals surface area contributed by atoms with E-state index >= 15 is 0 Å². The van der Waals surface area contributed by atoms with Crippen LogP contribution in [0.15, 0.2) is 114 Å². The SMILES string of the molecule is CNC(=O)[C@@H](Cc1ccccc1)N(Cc1ccc(Cl)cc1)C(=O)CN(c1cccc(OC)c1)S(=O)(=O)c1ccccc1. The molecule has 4 aromatic rings. The van der Waals surface area contributed by atoms with Gasteiger partial charge in [0, 0.05) is 31.1 Å². The zero-order valence-electron chi connectivity index (χ0n) is 23.3. The van der Waals surface area contributed by atoms with E-state index in [4.69, 9.17) is 16.3 Å². The standard InChI is InChI=1S/C32H32ClN3O5S/c1-34-32(38)30(20-24-10-5-3-6-11-24)35(22-25-16-18-26(33)19-17-25)31(37)23-36(27-12-9-13-28(21-27)41-2)42(39,40)29-14-7-4-8-15-29/h3-19,21,30H,20,22-23H2,1-2H3,(H,34,38)/t30-/m1/s1. The van der Waals surface area contributed by atoms with Crippen molar-refractivity contribution >= 4 is 39.1 Å². The van der Waals surface area contributed by atoms with Gasteiger partial charge in [-0.1, -0.05) is 78.3 Å². The van der Waals surface area contributed by atoms with E-state index in [-0.39, 0.29) is 29.5 Å². The van der Waals surface area contributed by atoms with Gasteiger partial charge in [0.1, 0.15) is 18.3 Å². The Morgan fingerprint density at radius 3 is 2.12 bits per heavy atom. The van der Waals surface area contributed by atoms with Crippen LogP contribution in [0.4, 0.5) is 5.69 Å². The molecule has 0 saturated carbocycles. The highest BCUT2D eigenvalue weighted by Gasteiger charge is 2.34. The van der Waals surface area contributed by atoms with Crippen LogP contribution in [0.2, 0.25) is 5.02 Å². The number of hydrogen-bond donors (Lipinski definition) is 1. The van der Waals surface area contributed by atoms with Gasteiger partial charge in [0.25, 0.3) is 10.0 Å². The van der Waals surface area contributed by atoms with E-state index in [1.54, 1.807) is 66.7 Å². The second-order valence-corrected chi connectivity index (χ2v) is 11.8. The number of ether oxygens (including phenoxy) is 1. The van der Waals surface area contributed by atoms with Crippen LogP contribution >= 0.6 is 11.6 Å². The minimum atomic E-state index is -4.18. The van der Waals surface area contributed by atoms with Crippen LogP contribution in [0.1, 0.15) is 11.1 Å². The zero-order valence-corrected chi connectivity index (χ0v) is 24.9. The molecule has 0 unspecified atom stereocenters. The number of rotatable bonds is 12. The monoisotopic (exact) mass is 605 g/mol. The van der Waals surface area contributed by atoms with Crippen molar-refractivity contribution in [2.75, 3.05) is 25.0 Å². The highest BCUT2D eigenvalue weighted by Crippen LogP contribution is 2.28. The summed E-state index contributed by atoms with van der Waals surface area (Å²) in [6.07, 6.45) is 0.227. The predicted molar refractivity (Wildman–Crippen MR) is 164 cm³/mol. The lowest BCUT2D eigenvalue weighted by molar-refractivity contribution is -0.139. The lowest BCUT2D eigenvalue weighted by Crippen LogP contribution is -2.53. The number of hydrogen-bond acceptors (Lipinski definition) is 5. The van der Waals surface area contributed by atoms with Gasteiger partial charge in [-0.3, -0.25) is 13.9 Å². The number of sulfonamides is 1. The summed E-state index contributed by atoms with van der Waals surface area (Å²) in [7, 11) is -1.20. The largest absolute Gasteiger partial charge is 0.497 e. The fourth-order valence-electron chi connectivity index (χ4n) is 4.52. The van der Waals surface area contributed by atoms with Crippen LogP contribution in [-0.2, 0) is 32.6 Å². The summed E-state index contributed by atoms with van der Waals surface area (Å²) < 4.78 is 34.3. The maximum absolute atomic E-state index is 14.3. The van der Waals surface area contributed by atoms with Crippen molar-refractivity contribution in [1.29, 1.82) is 0 Å². The second kappa shape index (κ2) is 14.0. The number of likely N-dealkylation sites (N-methyl/N-ethyl adjacent to an activating group) is 1. The first-order valence-corrected chi connectivity index (χ1v) is 15.1. The molecule has 0 aliphatic carbocycles. The van der Waals surface area contributed by atoms with E-state index < -0.39 is 28.5 Å². The number of methoxy groups -OCH3 is 1. The zero-order chi connectivity index (χ0) is 30.1. The molecule has 1 N–H and O–H groups in total. The molecule has 4 aromatic carbocycles. The van der Waals surface area contributed by atoms with Crippen LogP contribution in [0.5, 0.6) is 5.75 Å². The first-order valence-electron chi connectivity index (χ1n) is 13.2. The summed E-state index contributed by atoms with van der Waals surface area (Å²) in [5.74, 6) is -0.504. The number of carbonyl (C=O) groups excluding carboxylic acids is 2.